The van der Waals surface area contributed by atoms with Gasteiger partial charge in [-0.15, -0.1) is 0 Å². The number of hydrogen-bond acceptors (Lipinski definition) is 3. The zero-order valence-corrected chi connectivity index (χ0v) is 15.2. The van der Waals surface area contributed by atoms with Crippen molar-refractivity contribution < 1.29 is 4.74 Å². The molecule has 0 saturated heterocycles. The summed E-state index contributed by atoms with van der Waals surface area (Å²) in [6, 6.07) is 8.18. The number of methoxy groups -OCH3 is 1. The molecule has 5 nitrogen and oxygen atoms in total. The van der Waals surface area contributed by atoms with Crippen molar-refractivity contribution in [3.05, 3.63) is 29.8 Å². The molecule has 0 aliphatic heterocycles. The van der Waals surface area contributed by atoms with Crippen LogP contribution in [0.5, 0.6) is 5.75 Å². The minimum atomic E-state index is 0.135. The minimum absolute atomic E-state index is 0.135. The number of ether oxygens (including phenoxy) is 1. The molecule has 0 heterocycles. The van der Waals surface area contributed by atoms with Crippen LogP contribution in [-0.4, -0.2) is 44.8 Å². The maximum Gasteiger partial charge on any atom is 0.191 e. The van der Waals surface area contributed by atoms with Gasteiger partial charge in [0.1, 0.15) is 5.75 Å². The highest BCUT2D eigenvalue weighted by atomic mass is 16.5. The van der Waals surface area contributed by atoms with Crippen LogP contribution in [0.4, 0.5) is 0 Å². The van der Waals surface area contributed by atoms with E-state index < -0.39 is 0 Å². The molecule has 1 rings (SSSR count). The number of aliphatic imine (C=N–C) groups is 1. The minimum Gasteiger partial charge on any atom is -0.497 e. The smallest absolute Gasteiger partial charge is 0.191 e. The zero-order chi connectivity index (χ0) is 17.1. The molecule has 0 fully saturated rings. The summed E-state index contributed by atoms with van der Waals surface area (Å²) in [4.78, 5) is 4.59. The average Bonchev–Trinajstić information content (AvgIpc) is 2.51. The molecular weight excluding hydrogens is 288 g/mol. The first-order valence-electron chi connectivity index (χ1n) is 8.34. The third-order valence-corrected chi connectivity index (χ3v) is 3.25. The molecule has 1 aromatic rings. The zero-order valence-electron chi connectivity index (χ0n) is 15.2. The van der Waals surface area contributed by atoms with Crippen molar-refractivity contribution in [1.29, 1.82) is 0 Å². The Labute approximate surface area is 140 Å². The van der Waals surface area contributed by atoms with Crippen LogP contribution >= 0.6 is 0 Å². The molecule has 0 bridgehead atoms. The van der Waals surface area contributed by atoms with E-state index in [1.807, 2.05) is 12.1 Å². The van der Waals surface area contributed by atoms with E-state index in [1.54, 1.807) is 7.11 Å². The SMILES string of the molecule is CCNC(=NCCNC(C)(C)C)NCCc1ccc(OC)cc1. The van der Waals surface area contributed by atoms with Crippen LogP contribution in [0.25, 0.3) is 0 Å². The van der Waals surface area contributed by atoms with E-state index in [4.69, 9.17) is 4.74 Å². The van der Waals surface area contributed by atoms with Gasteiger partial charge >= 0.3 is 0 Å². The fourth-order valence-electron chi connectivity index (χ4n) is 2.06. The normalized spacial score (nSPS) is 12.1. The monoisotopic (exact) mass is 320 g/mol. The summed E-state index contributed by atoms with van der Waals surface area (Å²) in [5, 5.41) is 10.1. The standard InChI is InChI=1S/C18H32N4O/c1-6-19-17(21-13-14-22-18(2,3)4)20-12-11-15-7-9-16(23-5)10-8-15/h7-10,22H,6,11-14H2,1-5H3,(H2,19,20,21). The van der Waals surface area contributed by atoms with Crippen molar-refractivity contribution >= 4 is 5.96 Å². The first kappa shape index (κ1) is 19.3. The largest absolute Gasteiger partial charge is 0.497 e. The molecule has 1 aromatic carbocycles. The molecule has 0 aliphatic rings. The second-order valence-corrected chi connectivity index (χ2v) is 6.46. The highest BCUT2D eigenvalue weighted by Gasteiger charge is 2.07. The summed E-state index contributed by atoms with van der Waals surface area (Å²) in [5.41, 5.74) is 1.42. The molecule has 0 aliphatic carbocycles. The maximum atomic E-state index is 5.17. The van der Waals surface area contributed by atoms with E-state index in [0.717, 1.165) is 44.3 Å². The van der Waals surface area contributed by atoms with Crippen LogP contribution in [0.15, 0.2) is 29.3 Å². The molecule has 23 heavy (non-hydrogen) atoms. The average molecular weight is 320 g/mol. The number of rotatable bonds is 8. The summed E-state index contributed by atoms with van der Waals surface area (Å²) in [6.45, 7) is 11.9. The lowest BCUT2D eigenvalue weighted by molar-refractivity contribution is 0.414. The lowest BCUT2D eigenvalue weighted by Gasteiger charge is -2.20. The molecule has 3 N–H and O–H groups in total. The molecule has 0 saturated carbocycles. The Morgan fingerprint density at radius 2 is 1.78 bits per heavy atom. The molecule has 0 atom stereocenters. The van der Waals surface area contributed by atoms with Gasteiger partial charge in [-0.3, -0.25) is 4.99 Å². The first-order chi connectivity index (χ1) is 10.9. The Balaban J connectivity index is 2.36. The number of benzene rings is 1. The van der Waals surface area contributed by atoms with Crippen LogP contribution in [-0.2, 0) is 6.42 Å². The lowest BCUT2D eigenvalue weighted by Crippen LogP contribution is -2.40. The van der Waals surface area contributed by atoms with Gasteiger partial charge in [-0.05, 0) is 51.8 Å². The van der Waals surface area contributed by atoms with Gasteiger partial charge in [0.05, 0.1) is 13.7 Å². The Hall–Kier alpha value is -1.75. The van der Waals surface area contributed by atoms with Crippen molar-refractivity contribution in [2.75, 3.05) is 33.3 Å². The van der Waals surface area contributed by atoms with Crippen molar-refractivity contribution in [1.82, 2.24) is 16.0 Å². The fourth-order valence-corrected chi connectivity index (χ4v) is 2.06. The Bertz CT molecular complexity index is 463. The fraction of sp³-hybridized carbons (Fsp3) is 0.611. The Morgan fingerprint density at radius 1 is 1.09 bits per heavy atom. The summed E-state index contributed by atoms with van der Waals surface area (Å²) >= 11 is 0. The number of guanidine groups is 1. The molecule has 0 radical (unpaired) electrons. The number of nitrogens with one attached hydrogen (secondary N) is 3. The number of nitrogens with zero attached hydrogens (tertiary/aromatic N) is 1. The van der Waals surface area contributed by atoms with Crippen LogP contribution in [0.2, 0.25) is 0 Å². The van der Waals surface area contributed by atoms with Gasteiger partial charge in [-0.1, -0.05) is 12.1 Å². The molecule has 0 amide bonds. The van der Waals surface area contributed by atoms with Crippen molar-refractivity contribution in [2.24, 2.45) is 4.99 Å². The molecular formula is C18H32N4O. The van der Waals surface area contributed by atoms with Gasteiger partial charge in [0, 0.05) is 25.2 Å². The predicted octanol–water partition coefficient (Wildman–Crippen LogP) is 2.18. The molecule has 0 aromatic heterocycles. The summed E-state index contributed by atoms with van der Waals surface area (Å²) < 4.78 is 5.17. The van der Waals surface area contributed by atoms with Gasteiger partial charge in [0.15, 0.2) is 5.96 Å². The third-order valence-electron chi connectivity index (χ3n) is 3.25. The van der Waals surface area contributed by atoms with E-state index in [-0.39, 0.29) is 5.54 Å². The van der Waals surface area contributed by atoms with E-state index >= 15 is 0 Å². The second kappa shape index (κ2) is 10.1. The van der Waals surface area contributed by atoms with Gasteiger partial charge in [0.25, 0.3) is 0 Å². The van der Waals surface area contributed by atoms with E-state index in [9.17, 15) is 0 Å². The maximum absolute atomic E-state index is 5.17. The molecule has 0 spiro atoms. The lowest BCUT2D eigenvalue weighted by atomic mass is 10.1. The highest BCUT2D eigenvalue weighted by molar-refractivity contribution is 5.79. The van der Waals surface area contributed by atoms with Crippen molar-refractivity contribution in [3.63, 3.8) is 0 Å². The molecule has 130 valence electrons. The van der Waals surface area contributed by atoms with E-state index in [0.29, 0.717) is 0 Å². The Morgan fingerprint density at radius 3 is 2.35 bits per heavy atom. The van der Waals surface area contributed by atoms with Crippen LogP contribution in [0, 0.1) is 0 Å². The van der Waals surface area contributed by atoms with Crippen LogP contribution < -0.4 is 20.7 Å². The van der Waals surface area contributed by atoms with Crippen LogP contribution in [0.3, 0.4) is 0 Å². The summed E-state index contributed by atoms with van der Waals surface area (Å²) in [7, 11) is 1.68. The Kier molecular flexibility index (Phi) is 8.48. The third kappa shape index (κ3) is 9.08. The van der Waals surface area contributed by atoms with Crippen molar-refractivity contribution in [2.45, 2.75) is 39.7 Å². The highest BCUT2D eigenvalue weighted by Crippen LogP contribution is 2.11. The van der Waals surface area contributed by atoms with E-state index in [1.165, 1.54) is 5.56 Å². The van der Waals surface area contributed by atoms with E-state index in [2.05, 4.69) is 60.8 Å². The summed E-state index contributed by atoms with van der Waals surface area (Å²) in [6.07, 6.45) is 0.953. The topological polar surface area (TPSA) is 57.7 Å². The molecule has 0 unspecified atom stereocenters. The van der Waals surface area contributed by atoms with Gasteiger partial charge in [-0.2, -0.15) is 0 Å². The van der Waals surface area contributed by atoms with Gasteiger partial charge in [0.2, 0.25) is 0 Å². The first-order valence-corrected chi connectivity index (χ1v) is 8.34. The summed E-state index contributed by atoms with van der Waals surface area (Å²) in [5.74, 6) is 1.76. The number of hydrogen-bond donors (Lipinski definition) is 3. The van der Waals surface area contributed by atoms with Gasteiger partial charge in [-0.25, -0.2) is 0 Å². The predicted molar refractivity (Wildman–Crippen MR) is 98.4 cm³/mol. The molecule has 5 heteroatoms. The van der Waals surface area contributed by atoms with Crippen LogP contribution in [0.1, 0.15) is 33.3 Å². The quantitative estimate of drug-likeness (QED) is 0.390. The van der Waals surface area contributed by atoms with Crippen molar-refractivity contribution in [3.8, 4) is 5.75 Å². The van der Waals surface area contributed by atoms with Gasteiger partial charge < -0.3 is 20.7 Å². The second-order valence-electron chi connectivity index (χ2n) is 6.46.